The lowest BCUT2D eigenvalue weighted by atomic mass is 10.4. The minimum atomic E-state index is -0.416. The van der Waals surface area contributed by atoms with E-state index >= 15 is 0 Å². The SMILES string of the molecule is COCC(Sc1ncccc1Br)C(=O)NN. The molecule has 0 radical (unpaired) electrons. The molecular formula is C9H12BrN3O2S. The van der Waals surface area contributed by atoms with Crippen molar-refractivity contribution in [2.24, 2.45) is 5.84 Å². The summed E-state index contributed by atoms with van der Waals surface area (Å²) in [6.45, 7) is 0.275. The van der Waals surface area contributed by atoms with Gasteiger partial charge in [-0.25, -0.2) is 10.8 Å². The monoisotopic (exact) mass is 305 g/mol. The topological polar surface area (TPSA) is 77.2 Å². The quantitative estimate of drug-likeness (QED) is 0.366. The van der Waals surface area contributed by atoms with Gasteiger partial charge in [-0.2, -0.15) is 0 Å². The standard InChI is InChI=1S/C9H12BrN3O2S/c1-15-5-7(8(14)13-11)16-9-6(10)3-2-4-12-9/h2-4,7H,5,11H2,1H3,(H,13,14). The molecule has 1 rings (SSSR count). The second-order valence-electron chi connectivity index (χ2n) is 2.86. The van der Waals surface area contributed by atoms with E-state index in [1.165, 1.54) is 18.9 Å². The Labute approximate surface area is 106 Å². The number of hydrogen-bond acceptors (Lipinski definition) is 5. The smallest absolute Gasteiger partial charge is 0.249 e. The van der Waals surface area contributed by atoms with E-state index in [0.717, 1.165) is 9.50 Å². The molecule has 1 amide bonds. The zero-order valence-corrected chi connectivity index (χ0v) is 11.0. The van der Waals surface area contributed by atoms with Gasteiger partial charge in [-0.3, -0.25) is 10.2 Å². The van der Waals surface area contributed by atoms with Crippen molar-refractivity contribution in [2.45, 2.75) is 10.3 Å². The van der Waals surface area contributed by atoms with Gasteiger partial charge in [0.2, 0.25) is 5.91 Å². The van der Waals surface area contributed by atoms with Crippen molar-refractivity contribution < 1.29 is 9.53 Å². The van der Waals surface area contributed by atoms with Gasteiger partial charge in [0.1, 0.15) is 10.3 Å². The number of halogens is 1. The summed E-state index contributed by atoms with van der Waals surface area (Å²) in [5, 5.41) is 0.314. The number of pyridine rings is 1. The van der Waals surface area contributed by atoms with E-state index in [9.17, 15) is 4.79 Å². The second-order valence-corrected chi connectivity index (χ2v) is 4.91. The number of rotatable bonds is 5. The third-order valence-corrected chi connectivity index (χ3v) is 3.82. The van der Waals surface area contributed by atoms with Crippen LogP contribution in [0.25, 0.3) is 0 Å². The molecule has 5 nitrogen and oxygen atoms in total. The van der Waals surface area contributed by atoms with Crippen LogP contribution in [0, 0.1) is 0 Å². The van der Waals surface area contributed by atoms with Gasteiger partial charge in [-0.1, -0.05) is 11.8 Å². The Morgan fingerprint density at radius 1 is 1.81 bits per heavy atom. The Hall–Kier alpha value is -0.630. The maximum absolute atomic E-state index is 11.4. The Morgan fingerprint density at radius 3 is 3.12 bits per heavy atom. The molecular weight excluding hydrogens is 294 g/mol. The molecule has 16 heavy (non-hydrogen) atoms. The molecule has 0 aliphatic carbocycles. The lowest BCUT2D eigenvalue weighted by Crippen LogP contribution is -2.39. The number of carbonyl (C=O) groups excluding carboxylic acids is 1. The third-order valence-electron chi connectivity index (χ3n) is 1.73. The van der Waals surface area contributed by atoms with Gasteiger partial charge in [0.15, 0.2) is 0 Å². The maximum atomic E-state index is 11.4. The summed E-state index contributed by atoms with van der Waals surface area (Å²) < 4.78 is 5.80. The largest absolute Gasteiger partial charge is 0.383 e. The highest BCUT2D eigenvalue weighted by atomic mass is 79.9. The van der Waals surface area contributed by atoms with Crippen LogP contribution in [0.2, 0.25) is 0 Å². The van der Waals surface area contributed by atoms with E-state index in [1.54, 1.807) is 6.20 Å². The zero-order chi connectivity index (χ0) is 12.0. The normalized spacial score (nSPS) is 12.2. The predicted molar refractivity (Wildman–Crippen MR) is 65.8 cm³/mol. The molecule has 0 aliphatic rings. The average molecular weight is 306 g/mol. The Bertz CT molecular complexity index is 364. The van der Waals surface area contributed by atoms with Crippen LogP contribution in [0.15, 0.2) is 27.8 Å². The summed E-state index contributed by atoms with van der Waals surface area (Å²) >= 11 is 4.66. The van der Waals surface area contributed by atoms with Crippen LogP contribution in [-0.4, -0.2) is 29.9 Å². The fourth-order valence-electron chi connectivity index (χ4n) is 1.00. The van der Waals surface area contributed by atoms with Gasteiger partial charge in [0.25, 0.3) is 0 Å². The van der Waals surface area contributed by atoms with Gasteiger partial charge < -0.3 is 4.74 Å². The number of aromatic nitrogens is 1. The molecule has 0 spiro atoms. The number of ether oxygens (including phenoxy) is 1. The van der Waals surface area contributed by atoms with E-state index in [0.29, 0.717) is 0 Å². The number of nitrogens with two attached hydrogens (primary N) is 1. The number of nitrogens with one attached hydrogen (secondary N) is 1. The summed E-state index contributed by atoms with van der Waals surface area (Å²) in [5.74, 6) is 4.81. The van der Waals surface area contributed by atoms with Crippen LogP contribution < -0.4 is 11.3 Å². The molecule has 1 unspecified atom stereocenters. The van der Waals surface area contributed by atoms with Gasteiger partial charge in [0.05, 0.1) is 6.61 Å². The van der Waals surface area contributed by atoms with Gasteiger partial charge in [-0.15, -0.1) is 0 Å². The van der Waals surface area contributed by atoms with Gasteiger partial charge in [0, 0.05) is 17.8 Å². The van der Waals surface area contributed by atoms with Crippen molar-refractivity contribution in [2.75, 3.05) is 13.7 Å². The number of hydrogen-bond donors (Lipinski definition) is 2. The van der Waals surface area contributed by atoms with Crippen molar-refractivity contribution in [3.8, 4) is 0 Å². The van der Waals surface area contributed by atoms with Crippen LogP contribution in [0.1, 0.15) is 0 Å². The van der Waals surface area contributed by atoms with E-state index in [1.807, 2.05) is 12.1 Å². The Kier molecular flexibility index (Phi) is 5.75. The first-order valence-electron chi connectivity index (χ1n) is 4.45. The van der Waals surface area contributed by atoms with E-state index < -0.39 is 5.25 Å². The van der Waals surface area contributed by atoms with Crippen LogP contribution in [0.5, 0.6) is 0 Å². The summed E-state index contributed by atoms with van der Waals surface area (Å²) in [6, 6.07) is 3.67. The number of carbonyl (C=O) groups is 1. The fraction of sp³-hybridized carbons (Fsp3) is 0.333. The van der Waals surface area contributed by atoms with E-state index in [4.69, 9.17) is 10.6 Å². The Morgan fingerprint density at radius 2 is 2.56 bits per heavy atom. The summed E-state index contributed by atoms with van der Waals surface area (Å²) in [6.07, 6.45) is 1.66. The van der Waals surface area contributed by atoms with Crippen molar-refractivity contribution in [1.82, 2.24) is 10.4 Å². The average Bonchev–Trinajstić information content (AvgIpc) is 2.30. The first-order chi connectivity index (χ1) is 7.69. The number of thioether (sulfide) groups is 1. The maximum Gasteiger partial charge on any atom is 0.249 e. The molecule has 88 valence electrons. The predicted octanol–water partition coefficient (Wildman–Crippen LogP) is 0.941. The van der Waals surface area contributed by atoms with E-state index in [-0.39, 0.29) is 12.5 Å². The summed E-state index contributed by atoms with van der Waals surface area (Å²) in [5.41, 5.74) is 2.11. The highest BCUT2D eigenvalue weighted by molar-refractivity contribution is 9.10. The molecule has 1 atom stereocenters. The van der Waals surface area contributed by atoms with Crippen molar-refractivity contribution in [1.29, 1.82) is 0 Å². The molecule has 3 N–H and O–H groups in total. The lowest BCUT2D eigenvalue weighted by molar-refractivity contribution is -0.121. The lowest BCUT2D eigenvalue weighted by Gasteiger charge is -2.13. The molecule has 1 aromatic rings. The molecule has 0 aromatic carbocycles. The zero-order valence-electron chi connectivity index (χ0n) is 8.64. The Balaban J connectivity index is 2.75. The third kappa shape index (κ3) is 3.75. The van der Waals surface area contributed by atoms with Gasteiger partial charge >= 0.3 is 0 Å². The number of nitrogens with zero attached hydrogens (tertiary/aromatic N) is 1. The van der Waals surface area contributed by atoms with Crippen LogP contribution >= 0.6 is 27.7 Å². The fourth-order valence-corrected chi connectivity index (χ4v) is 2.49. The van der Waals surface area contributed by atoms with Crippen LogP contribution in [0.4, 0.5) is 0 Å². The van der Waals surface area contributed by atoms with Crippen molar-refractivity contribution >= 4 is 33.6 Å². The number of methoxy groups -OCH3 is 1. The van der Waals surface area contributed by atoms with E-state index in [2.05, 4.69) is 26.3 Å². The van der Waals surface area contributed by atoms with Gasteiger partial charge in [-0.05, 0) is 28.1 Å². The molecule has 0 saturated carbocycles. The number of hydrazine groups is 1. The highest BCUT2D eigenvalue weighted by Crippen LogP contribution is 2.28. The van der Waals surface area contributed by atoms with Crippen LogP contribution in [0.3, 0.4) is 0 Å². The van der Waals surface area contributed by atoms with Crippen LogP contribution in [-0.2, 0) is 9.53 Å². The summed E-state index contributed by atoms with van der Waals surface area (Å²) in [7, 11) is 1.53. The molecule has 7 heteroatoms. The highest BCUT2D eigenvalue weighted by Gasteiger charge is 2.20. The second kappa shape index (κ2) is 6.85. The minimum absolute atomic E-state index is 0.275. The number of amides is 1. The molecule has 0 fully saturated rings. The molecule has 0 saturated heterocycles. The molecule has 0 aliphatic heterocycles. The summed E-state index contributed by atoms with van der Waals surface area (Å²) in [4.78, 5) is 15.6. The van der Waals surface area contributed by atoms with Crippen molar-refractivity contribution in [3.05, 3.63) is 22.8 Å². The van der Waals surface area contributed by atoms with Crippen molar-refractivity contribution in [3.63, 3.8) is 0 Å². The molecule has 0 bridgehead atoms. The molecule has 1 heterocycles. The molecule has 1 aromatic heterocycles. The minimum Gasteiger partial charge on any atom is -0.383 e. The first kappa shape index (κ1) is 13.4. The first-order valence-corrected chi connectivity index (χ1v) is 6.13.